The molecule has 0 N–H and O–H groups in total. The number of hydrogen-bond acceptors (Lipinski definition) is 1. The fourth-order valence-electron chi connectivity index (χ4n) is 1.01. The summed E-state index contributed by atoms with van der Waals surface area (Å²) in [5, 5.41) is 0. The number of aryl methyl sites for hydroxylation is 1. The summed E-state index contributed by atoms with van der Waals surface area (Å²) >= 11 is 0. The number of carbonyl (C=O) groups excluding carboxylic acids is 1. The predicted molar refractivity (Wildman–Crippen MR) is 68.5 cm³/mol. The Kier molecular flexibility index (Phi) is 11.9. The van der Waals surface area contributed by atoms with Crippen molar-refractivity contribution in [1.82, 2.24) is 0 Å². The first kappa shape index (κ1) is 16.3. The van der Waals surface area contributed by atoms with E-state index in [1.54, 1.807) is 6.92 Å². The zero-order valence-corrected chi connectivity index (χ0v) is 10.9. The lowest BCUT2D eigenvalue weighted by atomic mass is 10.1. The van der Waals surface area contributed by atoms with Crippen LogP contribution < -0.4 is 0 Å². The van der Waals surface area contributed by atoms with Crippen molar-refractivity contribution in [1.29, 1.82) is 0 Å². The molecule has 15 heavy (non-hydrogen) atoms. The van der Waals surface area contributed by atoms with Crippen LogP contribution >= 0.6 is 0 Å². The molecule has 0 unspecified atom stereocenters. The third-order valence-corrected chi connectivity index (χ3v) is 1.74. The minimum atomic E-state index is 0.139. The van der Waals surface area contributed by atoms with Gasteiger partial charge in [-0.25, -0.2) is 0 Å². The number of carbonyl (C=O) groups is 1. The van der Waals surface area contributed by atoms with Crippen LogP contribution in [0.15, 0.2) is 24.3 Å². The second-order valence-corrected chi connectivity index (χ2v) is 2.61. The Morgan fingerprint density at radius 3 is 2.07 bits per heavy atom. The Balaban J connectivity index is 0. The third-order valence-electron chi connectivity index (χ3n) is 1.74. The van der Waals surface area contributed by atoms with Crippen LogP contribution in [-0.2, 0) is 6.42 Å². The van der Waals surface area contributed by atoms with Gasteiger partial charge in [0.2, 0.25) is 0 Å². The molecule has 0 aromatic heterocycles. The average molecular weight is 208 g/mol. The van der Waals surface area contributed by atoms with Crippen molar-refractivity contribution in [2.75, 3.05) is 0 Å². The van der Waals surface area contributed by atoms with E-state index >= 15 is 0 Å². The average Bonchev–Trinajstić information content (AvgIpc) is 2.34. The molecule has 0 bridgehead atoms. The molecule has 1 aromatic rings. The first-order valence-corrected chi connectivity index (χ1v) is 5.84. The lowest BCUT2D eigenvalue weighted by Gasteiger charge is -1.98. The van der Waals surface area contributed by atoms with Crippen molar-refractivity contribution < 1.29 is 4.79 Å². The molecule has 1 aromatic carbocycles. The molecule has 0 aliphatic carbocycles. The zero-order chi connectivity index (χ0) is 12.3. The van der Waals surface area contributed by atoms with Gasteiger partial charge >= 0.3 is 0 Å². The molecule has 1 heteroatoms. The van der Waals surface area contributed by atoms with E-state index in [-0.39, 0.29) is 5.78 Å². The van der Waals surface area contributed by atoms with E-state index in [9.17, 15) is 4.79 Å². The molecule has 0 fully saturated rings. The maximum Gasteiger partial charge on any atom is 0.159 e. The molecule has 0 radical (unpaired) electrons. The number of rotatable bonds is 2. The van der Waals surface area contributed by atoms with E-state index in [2.05, 4.69) is 6.92 Å². The van der Waals surface area contributed by atoms with Crippen LogP contribution in [0, 0.1) is 0 Å². The highest BCUT2D eigenvalue weighted by molar-refractivity contribution is 5.94. The molecule has 0 saturated heterocycles. The van der Waals surface area contributed by atoms with Crippen molar-refractivity contribution >= 4 is 5.78 Å². The molecule has 0 saturated carbocycles. The smallest absolute Gasteiger partial charge is 0.159 e. The Hall–Kier alpha value is -1.11. The summed E-state index contributed by atoms with van der Waals surface area (Å²) in [5.41, 5.74) is 2.03. The van der Waals surface area contributed by atoms with Gasteiger partial charge in [-0.1, -0.05) is 52.8 Å². The first-order valence-electron chi connectivity index (χ1n) is 5.84. The molecule has 0 atom stereocenters. The van der Waals surface area contributed by atoms with Gasteiger partial charge in [-0.3, -0.25) is 4.79 Å². The predicted octanol–water partition coefficient (Wildman–Crippen LogP) is 4.50. The zero-order valence-electron chi connectivity index (χ0n) is 10.9. The van der Waals surface area contributed by atoms with Crippen LogP contribution in [0.5, 0.6) is 0 Å². The van der Waals surface area contributed by atoms with Crippen molar-refractivity contribution in [3.63, 3.8) is 0 Å². The van der Waals surface area contributed by atoms with Crippen LogP contribution in [0.2, 0.25) is 0 Å². The van der Waals surface area contributed by atoms with Gasteiger partial charge in [0.15, 0.2) is 5.78 Å². The summed E-state index contributed by atoms with van der Waals surface area (Å²) in [5.74, 6) is 0.139. The summed E-state index contributed by atoms with van der Waals surface area (Å²) in [6.07, 6.45) is 0.987. The van der Waals surface area contributed by atoms with Gasteiger partial charge in [-0.2, -0.15) is 0 Å². The van der Waals surface area contributed by atoms with Crippen molar-refractivity contribution in [2.45, 2.75) is 48.0 Å². The van der Waals surface area contributed by atoms with E-state index in [0.29, 0.717) is 0 Å². The van der Waals surface area contributed by atoms with Crippen LogP contribution in [-0.4, -0.2) is 5.78 Å². The Morgan fingerprint density at radius 2 is 1.67 bits per heavy atom. The second-order valence-electron chi connectivity index (χ2n) is 2.61. The number of hydrogen-bond donors (Lipinski definition) is 0. The summed E-state index contributed by atoms with van der Waals surface area (Å²) in [6, 6.07) is 7.76. The highest BCUT2D eigenvalue weighted by atomic mass is 16.1. The lowest BCUT2D eigenvalue weighted by molar-refractivity contribution is 0.101. The topological polar surface area (TPSA) is 17.1 Å². The molecule has 0 heterocycles. The molecule has 0 amide bonds. The fraction of sp³-hybridized carbons (Fsp3) is 0.500. The number of Topliss-reactive ketones (excluding diaryl/α,β-unsaturated/α-hetero) is 1. The van der Waals surface area contributed by atoms with Crippen LogP contribution in [0.1, 0.15) is 57.5 Å². The molecule has 1 nitrogen and oxygen atoms in total. The summed E-state index contributed by atoms with van der Waals surface area (Å²) < 4.78 is 0. The largest absolute Gasteiger partial charge is 0.295 e. The minimum Gasteiger partial charge on any atom is -0.295 e. The van der Waals surface area contributed by atoms with Gasteiger partial charge in [-0.05, 0) is 25.0 Å². The van der Waals surface area contributed by atoms with Gasteiger partial charge < -0.3 is 0 Å². The van der Waals surface area contributed by atoms with Crippen LogP contribution in [0.3, 0.4) is 0 Å². The molecule has 86 valence electrons. The molecule has 0 aliphatic heterocycles. The van der Waals surface area contributed by atoms with E-state index < -0.39 is 0 Å². The first-order chi connectivity index (χ1) is 7.24. The lowest BCUT2D eigenvalue weighted by Crippen LogP contribution is -1.92. The van der Waals surface area contributed by atoms with E-state index in [1.807, 2.05) is 52.0 Å². The summed E-state index contributed by atoms with van der Waals surface area (Å²) in [7, 11) is 0. The Bertz CT molecular complexity index is 264. The maximum absolute atomic E-state index is 10.9. The fourth-order valence-corrected chi connectivity index (χ4v) is 1.01. The highest BCUT2D eigenvalue weighted by Crippen LogP contribution is 2.05. The van der Waals surface area contributed by atoms with Crippen LogP contribution in [0.25, 0.3) is 0 Å². The normalized spacial score (nSPS) is 7.87. The second kappa shape index (κ2) is 11.0. The number of ketones is 1. The van der Waals surface area contributed by atoms with Crippen LogP contribution in [0.4, 0.5) is 0 Å². The monoisotopic (exact) mass is 208 g/mol. The van der Waals surface area contributed by atoms with Gasteiger partial charge in [-0.15, -0.1) is 0 Å². The number of benzene rings is 1. The Morgan fingerprint density at radius 1 is 1.13 bits per heavy atom. The standard InChI is InChI=1S/C10H12O.2C2H6/c1-3-9-5-4-6-10(7-9)8(2)11;2*1-2/h4-7H,3H2,1-2H3;2*1-2H3. The molecule has 0 aliphatic rings. The van der Waals surface area contributed by atoms with Gasteiger partial charge in [0.05, 0.1) is 0 Å². The molecule has 0 spiro atoms. The SMILES string of the molecule is CC.CC.CCc1cccc(C(C)=O)c1. The van der Waals surface area contributed by atoms with Crippen molar-refractivity contribution in [3.05, 3.63) is 35.4 Å². The molecular weight excluding hydrogens is 184 g/mol. The van der Waals surface area contributed by atoms with E-state index in [0.717, 1.165) is 12.0 Å². The Labute approximate surface area is 94.5 Å². The highest BCUT2D eigenvalue weighted by Gasteiger charge is 1.97. The third kappa shape index (κ3) is 6.89. The molecular formula is C14H24O. The summed E-state index contributed by atoms with van der Waals surface area (Å²) in [6.45, 7) is 11.7. The van der Waals surface area contributed by atoms with Gasteiger partial charge in [0.25, 0.3) is 0 Å². The minimum absolute atomic E-state index is 0.139. The van der Waals surface area contributed by atoms with E-state index in [4.69, 9.17) is 0 Å². The van der Waals surface area contributed by atoms with E-state index in [1.165, 1.54) is 5.56 Å². The maximum atomic E-state index is 10.9. The van der Waals surface area contributed by atoms with Gasteiger partial charge in [0.1, 0.15) is 0 Å². The summed E-state index contributed by atoms with van der Waals surface area (Å²) in [4.78, 5) is 10.9. The van der Waals surface area contributed by atoms with Crippen molar-refractivity contribution in [2.24, 2.45) is 0 Å². The quantitative estimate of drug-likeness (QED) is 0.654. The van der Waals surface area contributed by atoms with Crippen molar-refractivity contribution in [3.8, 4) is 0 Å². The molecule has 1 rings (SSSR count). The van der Waals surface area contributed by atoms with Gasteiger partial charge in [0, 0.05) is 5.56 Å².